The van der Waals surface area contributed by atoms with Crippen molar-refractivity contribution in [1.82, 2.24) is 4.31 Å². The number of aromatic carboxylic acids is 1. The first-order chi connectivity index (χ1) is 9.75. The van der Waals surface area contributed by atoms with E-state index >= 15 is 0 Å². The molecule has 1 aliphatic rings. The summed E-state index contributed by atoms with van der Waals surface area (Å²) in [5, 5.41) is 9.10. The maximum absolute atomic E-state index is 12.6. The van der Waals surface area contributed by atoms with E-state index in [0.29, 0.717) is 0 Å². The summed E-state index contributed by atoms with van der Waals surface area (Å²) >= 11 is 10.7. The van der Waals surface area contributed by atoms with E-state index in [1.807, 2.05) is 0 Å². The Kier molecular flexibility index (Phi) is 5.25. The van der Waals surface area contributed by atoms with E-state index in [9.17, 15) is 13.2 Å². The van der Waals surface area contributed by atoms with Gasteiger partial charge in [0.2, 0.25) is 10.0 Å². The number of hydrogen-bond acceptors (Lipinski definition) is 4. The standard InChI is InChI=1S/C12H13BrClNO4S2/c1-15(7-2-3-20-6-7)21(18,19)8-4-9(12(16)17)11(14)10(13)5-8/h4-5,7H,2-3,6H2,1H3,(H,16,17). The van der Waals surface area contributed by atoms with Gasteiger partial charge in [-0.3, -0.25) is 0 Å². The fraction of sp³-hybridized carbons (Fsp3) is 0.417. The fourth-order valence-corrected chi connectivity index (χ4v) is 5.64. The number of carboxylic acid groups (broad SMARTS) is 1. The average Bonchev–Trinajstić information content (AvgIpc) is 2.94. The maximum atomic E-state index is 12.6. The lowest BCUT2D eigenvalue weighted by Crippen LogP contribution is -2.37. The second-order valence-corrected chi connectivity index (χ2v) is 8.99. The predicted molar refractivity (Wildman–Crippen MR) is 86.8 cm³/mol. The molecule has 0 radical (unpaired) electrons. The summed E-state index contributed by atoms with van der Waals surface area (Å²) in [6.07, 6.45) is 0.793. The zero-order chi connectivity index (χ0) is 15.8. The summed E-state index contributed by atoms with van der Waals surface area (Å²) < 4.78 is 26.8. The normalized spacial score (nSPS) is 19.1. The molecule has 1 aromatic rings. The smallest absolute Gasteiger partial charge is 0.337 e. The van der Waals surface area contributed by atoms with Gasteiger partial charge in [-0.05, 0) is 40.2 Å². The van der Waals surface area contributed by atoms with Crippen LogP contribution in [0.4, 0.5) is 0 Å². The van der Waals surface area contributed by atoms with Gasteiger partial charge >= 0.3 is 5.97 Å². The van der Waals surface area contributed by atoms with E-state index in [4.69, 9.17) is 16.7 Å². The van der Waals surface area contributed by atoms with E-state index < -0.39 is 16.0 Å². The Morgan fingerprint density at radius 1 is 1.52 bits per heavy atom. The van der Waals surface area contributed by atoms with Crippen LogP contribution in [0.5, 0.6) is 0 Å². The predicted octanol–water partition coefficient (Wildman–Crippen LogP) is 2.93. The minimum Gasteiger partial charge on any atom is -0.478 e. The first-order valence-corrected chi connectivity index (χ1v) is 9.80. The number of carboxylic acids is 1. The molecule has 0 bridgehead atoms. The lowest BCUT2D eigenvalue weighted by molar-refractivity contribution is 0.0696. The van der Waals surface area contributed by atoms with Crippen LogP contribution < -0.4 is 0 Å². The van der Waals surface area contributed by atoms with Crippen molar-refractivity contribution in [2.45, 2.75) is 17.4 Å². The molecular formula is C12H13BrClNO4S2. The first-order valence-electron chi connectivity index (χ1n) is 6.03. The van der Waals surface area contributed by atoms with Gasteiger partial charge in [0, 0.05) is 23.3 Å². The highest BCUT2D eigenvalue weighted by Crippen LogP contribution is 2.32. The number of benzene rings is 1. The van der Waals surface area contributed by atoms with Gasteiger partial charge < -0.3 is 5.11 Å². The Bertz CT molecular complexity index is 674. The average molecular weight is 415 g/mol. The molecule has 0 spiro atoms. The van der Waals surface area contributed by atoms with Gasteiger partial charge in [-0.1, -0.05) is 11.6 Å². The van der Waals surface area contributed by atoms with Crippen molar-refractivity contribution in [2.24, 2.45) is 0 Å². The number of hydrogen-bond donors (Lipinski definition) is 1. The molecule has 1 N–H and O–H groups in total. The second kappa shape index (κ2) is 6.45. The minimum atomic E-state index is -3.75. The summed E-state index contributed by atoms with van der Waals surface area (Å²) in [6, 6.07) is 2.37. The van der Waals surface area contributed by atoms with Crippen LogP contribution in [0.25, 0.3) is 0 Å². The van der Waals surface area contributed by atoms with Crippen molar-refractivity contribution in [3.63, 3.8) is 0 Å². The zero-order valence-corrected chi connectivity index (χ0v) is 15.0. The third-order valence-corrected chi connectivity index (χ3v) is 7.62. The highest BCUT2D eigenvalue weighted by Gasteiger charge is 2.31. The van der Waals surface area contributed by atoms with E-state index in [-0.39, 0.29) is 26.0 Å². The lowest BCUT2D eigenvalue weighted by Gasteiger charge is -2.23. The highest BCUT2D eigenvalue weighted by atomic mass is 79.9. The number of rotatable bonds is 4. The molecule has 1 aromatic carbocycles. The molecule has 1 aliphatic heterocycles. The molecule has 1 unspecified atom stereocenters. The van der Waals surface area contributed by atoms with Crippen molar-refractivity contribution < 1.29 is 18.3 Å². The van der Waals surface area contributed by atoms with Gasteiger partial charge in [0.1, 0.15) is 0 Å². The summed E-state index contributed by atoms with van der Waals surface area (Å²) in [6.45, 7) is 0. The fourth-order valence-electron chi connectivity index (χ4n) is 2.04. The number of sulfonamides is 1. The minimum absolute atomic E-state index is 0.0134. The highest BCUT2D eigenvalue weighted by molar-refractivity contribution is 9.10. The number of carbonyl (C=O) groups is 1. The van der Waals surface area contributed by atoms with Crippen molar-refractivity contribution in [3.05, 3.63) is 27.2 Å². The van der Waals surface area contributed by atoms with Crippen LogP contribution in [-0.4, -0.2) is 48.4 Å². The summed E-state index contributed by atoms with van der Waals surface area (Å²) in [5.41, 5.74) is -0.237. The van der Waals surface area contributed by atoms with Gasteiger partial charge in [0.05, 0.1) is 15.5 Å². The van der Waals surface area contributed by atoms with Crippen LogP contribution >= 0.6 is 39.3 Å². The summed E-state index contributed by atoms with van der Waals surface area (Å²) in [5.74, 6) is 0.405. The number of halogens is 2. The van der Waals surface area contributed by atoms with Crippen LogP contribution in [0, 0.1) is 0 Å². The second-order valence-electron chi connectivity index (χ2n) is 4.61. The van der Waals surface area contributed by atoms with E-state index in [2.05, 4.69) is 15.9 Å². The lowest BCUT2D eigenvalue weighted by atomic mass is 10.2. The quantitative estimate of drug-likeness (QED) is 0.820. The van der Waals surface area contributed by atoms with Gasteiger partial charge in [-0.2, -0.15) is 16.1 Å². The molecule has 116 valence electrons. The molecule has 0 amide bonds. The molecule has 2 rings (SSSR count). The van der Waals surface area contributed by atoms with Crippen molar-refractivity contribution in [3.8, 4) is 0 Å². The first kappa shape index (κ1) is 17.1. The molecule has 0 aliphatic carbocycles. The molecule has 1 fully saturated rings. The SMILES string of the molecule is CN(C1CCSC1)S(=O)(=O)c1cc(Br)c(Cl)c(C(=O)O)c1. The molecule has 5 nitrogen and oxygen atoms in total. The molecule has 21 heavy (non-hydrogen) atoms. The Balaban J connectivity index is 2.47. The van der Waals surface area contributed by atoms with Crippen LogP contribution in [0.3, 0.4) is 0 Å². The zero-order valence-electron chi connectivity index (χ0n) is 11.0. The largest absolute Gasteiger partial charge is 0.478 e. The van der Waals surface area contributed by atoms with Crippen molar-refractivity contribution in [1.29, 1.82) is 0 Å². The van der Waals surface area contributed by atoms with Crippen LogP contribution in [0.15, 0.2) is 21.5 Å². The van der Waals surface area contributed by atoms with Gasteiger partial charge in [0.25, 0.3) is 0 Å². The van der Waals surface area contributed by atoms with Gasteiger partial charge in [0.15, 0.2) is 0 Å². The molecule has 0 aromatic heterocycles. The molecule has 0 saturated carbocycles. The number of thioether (sulfide) groups is 1. The molecule has 9 heteroatoms. The third-order valence-electron chi connectivity index (χ3n) is 3.33. The molecule has 1 atom stereocenters. The Morgan fingerprint density at radius 2 is 2.19 bits per heavy atom. The topological polar surface area (TPSA) is 74.7 Å². The van der Waals surface area contributed by atoms with Gasteiger partial charge in [-0.25, -0.2) is 13.2 Å². The van der Waals surface area contributed by atoms with Crippen LogP contribution in [0.2, 0.25) is 5.02 Å². The van der Waals surface area contributed by atoms with E-state index in [0.717, 1.165) is 24.0 Å². The van der Waals surface area contributed by atoms with Crippen molar-refractivity contribution in [2.75, 3.05) is 18.6 Å². The van der Waals surface area contributed by atoms with Gasteiger partial charge in [-0.15, -0.1) is 0 Å². The van der Waals surface area contributed by atoms with Crippen LogP contribution in [0.1, 0.15) is 16.8 Å². The van der Waals surface area contributed by atoms with Crippen LogP contribution in [-0.2, 0) is 10.0 Å². The maximum Gasteiger partial charge on any atom is 0.337 e. The summed E-state index contributed by atoms with van der Waals surface area (Å²) in [7, 11) is -2.23. The van der Waals surface area contributed by atoms with E-state index in [1.165, 1.54) is 17.4 Å². The summed E-state index contributed by atoms with van der Waals surface area (Å²) in [4.78, 5) is 11.1. The third kappa shape index (κ3) is 3.39. The van der Waals surface area contributed by atoms with Crippen molar-refractivity contribution >= 4 is 55.3 Å². The Morgan fingerprint density at radius 3 is 2.71 bits per heavy atom. The monoisotopic (exact) mass is 413 g/mol. The molecular weight excluding hydrogens is 402 g/mol. The van der Waals surface area contributed by atoms with E-state index in [1.54, 1.807) is 11.8 Å². The Hall–Kier alpha value is -0.280. The Labute approximate surface area is 140 Å². The molecule has 1 heterocycles. The molecule has 1 saturated heterocycles. The number of nitrogens with zero attached hydrogens (tertiary/aromatic N) is 1.